The summed E-state index contributed by atoms with van der Waals surface area (Å²) in [7, 11) is 1.44. The molecule has 2 atom stereocenters. The molecule has 1 saturated carbocycles. The second kappa shape index (κ2) is 9.44. The van der Waals surface area contributed by atoms with Crippen molar-refractivity contribution in [2.24, 2.45) is 0 Å². The van der Waals surface area contributed by atoms with Crippen molar-refractivity contribution in [3.63, 3.8) is 0 Å². The molecule has 2 bridgehead atoms. The highest BCUT2D eigenvalue weighted by Crippen LogP contribution is 2.46. The van der Waals surface area contributed by atoms with E-state index in [9.17, 15) is 18.3 Å². The van der Waals surface area contributed by atoms with Crippen LogP contribution < -0.4 is 14.2 Å². The highest BCUT2D eigenvalue weighted by Gasteiger charge is 2.38. The third kappa shape index (κ3) is 4.59. The number of hydrogen-bond donors (Lipinski definition) is 2. The molecule has 1 aromatic carbocycles. The molecule has 1 unspecified atom stereocenters. The molecule has 13 heteroatoms. The number of nitrogens with one attached hydrogen (secondary N) is 1. The van der Waals surface area contributed by atoms with Crippen molar-refractivity contribution >= 4 is 0 Å². The minimum Gasteiger partial charge on any atom is -0.493 e. The molecule has 3 aromatic heterocycles. The summed E-state index contributed by atoms with van der Waals surface area (Å²) in [6.07, 6.45) is 0.481. The molecule has 1 aliphatic heterocycles. The number of nitrogens with zero attached hydrogens (tertiary/aromatic N) is 5. The predicted molar refractivity (Wildman–Crippen MR) is 135 cm³/mol. The first-order chi connectivity index (χ1) is 19.1. The van der Waals surface area contributed by atoms with E-state index < -0.39 is 23.6 Å². The van der Waals surface area contributed by atoms with Crippen molar-refractivity contribution in [1.29, 1.82) is 0 Å². The van der Waals surface area contributed by atoms with Gasteiger partial charge in [0.25, 0.3) is 0 Å². The number of ether oxygens (including phenoxy) is 3. The lowest BCUT2D eigenvalue weighted by Crippen LogP contribution is -2.29. The average molecular weight is 555 g/mol. The lowest BCUT2D eigenvalue weighted by atomic mass is 9.89. The SMILES string of the molecule is COc1cnc2nc1C(C)(O)c1ccc(-c3ncc(C(F)(F)F)[nH]3)cc1OC[C@@H](C)Oc1ncnc(C3CC3)c1-2. The van der Waals surface area contributed by atoms with E-state index in [-0.39, 0.29) is 47.2 Å². The highest BCUT2D eigenvalue weighted by atomic mass is 19.4. The van der Waals surface area contributed by atoms with E-state index in [1.807, 2.05) is 0 Å². The maximum atomic E-state index is 13.2. The van der Waals surface area contributed by atoms with Crippen LogP contribution in [0.2, 0.25) is 0 Å². The van der Waals surface area contributed by atoms with E-state index >= 15 is 0 Å². The van der Waals surface area contributed by atoms with Gasteiger partial charge in [0.1, 0.15) is 53.2 Å². The summed E-state index contributed by atoms with van der Waals surface area (Å²) in [6.45, 7) is 3.36. The lowest BCUT2D eigenvalue weighted by Gasteiger charge is -2.29. The molecule has 40 heavy (non-hydrogen) atoms. The standard InChI is InChI=1S/C27H25F3N6O4/c1-13-11-39-17-8-15(23-32-10-19(35-23)27(28,29)30)6-7-16(17)26(2,37)22-18(38-3)9-31-24(36-22)20-21(14-4-5-14)33-12-34-25(20)40-13/h6-10,12-14,37H,4-5,11H2,1-3H3,(H,32,35)/t13-,26?/m1/s1. The summed E-state index contributed by atoms with van der Waals surface area (Å²) in [5.41, 5.74) is -0.640. The van der Waals surface area contributed by atoms with E-state index in [1.165, 1.54) is 32.6 Å². The zero-order valence-electron chi connectivity index (χ0n) is 21.8. The van der Waals surface area contributed by atoms with Crippen molar-refractivity contribution in [2.45, 2.75) is 50.5 Å². The fourth-order valence-electron chi connectivity index (χ4n) is 4.70. The summed E-state index contributed by atoms with van der Waals surface area (Å²) in [4.78, 5) is 24.3. The van der Waals surface area contributed by atoms with Gasteiger partial charge in [0.15, 0.2) is 11.6 Å². The Bertz CT molecular complexity index is 1580. The Morgan fingerprint density at radius 2 is 1.93 bits per heavy atom. The molecule has 2 aliphatic rings. The molecule has 2 N–H and O–H groups in total. The summed E-state index contributed by atoms with van der Waals surface area (Å²) in [6, 6.07) is 4.62. The Kier molecular flexibility index (Phi) is 6.13. The fraction of sp³-hybridized carbons (Fsp3) is 0.370. The number of aromatic amines is 1. The molecular formula is C27H25F3N6O4. The third-order valence-electron chi connectivity index (χ3n) is 6.91. The summed E-state index contributed by atoms with van der Waals surface area (Å²) < 4.78 is 57.3. The van der Waals surface area contributed by atoms with Crippen LogP contribution in [0.1, 0.15) is 55.3 Å². The number of H-pyrrole nitrogens is 1. The first-order valence-electron chi connectivity index (χ1n) is 12.6. The van der Waals surface area contributed by atoms with Crippen LogP contribution >= 0.6 is 0 Å². The van der Waals surface area contributed by atoms with Gasteiger partial charge in [-0.1, -0.05) is 12.1 Å². The summed E-state index contributed by atoms with van der Waals surface area (Å²) in [5, 5.41) is 12.0. The summed E-state index contributed by atoms with van der Waals surface area (Å²) in [5.74, 6) is 1.21. The molecule has 6 rings (SSSR count). The quantitative estimate of drug-likeness (QED) is 0.372. The van der Waals surface area contributed by atoms with Crippen LogP contribution in [0.15, 0.2) is 36.9 Å². The fourth-order valence-corrected chi connectivity index (χ4v) is 4.70. The van der Waals surface area contributed by atoms with Gasteiger partial charge in [-0.3, -0.25) is 0 Å². The van der Waals surface area contributed by atoms with E-state index in [0.29, 0.717) is 16.7 Å². The Labute approximate surface area is 226 Å². The van der Waals surface area contributed by atoms with Gasteiger partial charge in [0, 0.05) is 17.0 Å². The molecule has 0 saturated heterocycles. The monoisotopic (exact) mass is 554 g/mol. The van der Waals surface area contributed by atoms with E-state index in [2.05, 4.69) is 24.9 Å². The number of aliphatic hydroxyl groups is 1. The number of rotatable bonds is 3. The van der Waals surface area contributed by atoms with Crippen LogP contribution in [0.5, 0.6) is 17.4 Å². The molecule has 208 valence electrons. The number of alkyl halides is 3. The number of hydrogen-bond acceptors (Lipinski definition) is 9. The summed E-state index contributed by atoms with van der Waals surface area (Å²) >= 11 is 0. The van der Waals surface area contributed by atoms with Crippen LogP contribution in [0.25, 0.3) is 22.8 Å². The largest absolute Gasteiger partial charge is 0.493 e. The van der Waals surface area contributed by atoms with Crippen LogP contribution in [-0.4, -0.2) is 54.8 Å². The normalized spacial score (nSPS) is 20.7. The molecule has 10 nitrogen and oxygen atoms in total. The Hall–Kier alpha value is -4.26. The minimum absolute atomic E-state index is 0.00563. The number of imidazole rings is 1. The van der Waals surface area contributed by atoms with Crippen LogP contribution in [0.3, 0.4) is 0 Å². The number of halogens is 3. The molecule has 0 radical (unpaired) electrons. The van der Waals surface area contributed by atoms with Gasteiger partial charge in [-0.05, 0) is 32.8 Å². The number of fused-ring (bicyclic) bond motifs is 5. The van der Waals surface area contributed by atoms with Crippen molar-refractivity contribution in [1.82, 2.24) is 29.9 Å². The number of aromatic nitrogens is 6. The zero-order valence-corrected chi connectivity index (χ0v) is 21.8. The van der Waals surface area contributed by atoms with E-state index in [4.69, 9.17) is 19.2 Å². The van der Waals surface area contributed by atoms with Crippen molar-refractivity contribution in [3.8, 4) is 40.2 Å². The van der Waals surface area contributed by atoms with Gasteiger partial charge < -0.3 is 24.3 Å². The van der Waals surface area contributed by atoms with Gasteiger partial charge in [-0.15, -0.1) is 0 Å². The maximum absolute atomic E-state index is 13.2. The molecule has 1 aliphatic carbocycles. The minimum atomic E-state index is -4.57. The average Bonchev–Trinajstić information content (AvgIpc) is 3.64. The predicted octanol–water partition coefficient (Wildman–Crippen LogP) is 4.64. The van der Waals surface area contributed by atoms with Crippen LogP contribution in [-0.2, 0) is 11.8 Å². The smallest absolute Gasteiger partial charge is 0.432 e. The maximum Gasteiger partial charge on any atom is 0.432 e. The van der Waals surface area contributed by atoms with Crippen molar-refractivity contribution < 1.29 is 32.5 Å². The molecule has 1 fully saturated rings. The van der Waals surface area contributed by atoms with Gasteiger partial charge in [-0.2, -0.15) is 13.2 Å². The lowest BCUT2D eigenvalue weighted by molar-refractivity contribution is -0.140. The first-order valence-corrected chi connectivity index (χ1v) is 12.6. The molecule has 4 aromatic rings. The van der Waals surface area contributed by atoms with E-state index in [1.54, 1.807) is 19.1 Å². The van der Waals surface area contributed by atoms with Crippen LogP contribution in [0, 0.1) is 0 Å². The van der Waals surface area contributed by atoms with E-state index in [0.717, 1.165) is 24.7 Å². The Balaban J connectivity index is 1.52. The number of methoxy groups -OCH3 is 1. The van der Waals surface area contributed by atoms with Gasteiger partial charge in [-0.25, -0.2) is 24.9 Å². The molecule has 0 spiro atoms. The molecule has 4 heterocycles. The van der Waals surface area contributed by atoms with Gasteiger partial charge in [0.2, 0.25) is 5.88 Å². The van der Waals surface area contributed by atoms with Gasteiger partial charge in [0.05, 0.1) is 25.2 Å². The second-order valence-electron chi connectivity index (χ2n) is 9.99. The Morgan fingerprint density at radius 3 is 2.62 bits per heavy atom. The molecule has 0 amide bonds. The first kappa shape index (κ1) is 26.0. The van der Waals surface area contributed by atoms with Crippen LogP contribution in [0.4, 0.5) is 13.2 Å². The second-order valence-corrected chi connectivity index (χ2v) is 9.99. The Morgan fingerprint density at radius 1 is 1.12 bits per heavy atom. The van der Waals surface area contributed by atoms with Crippen molar-refractivity contribution in [3.05, 3.63) is 59.6 Å². The third-order valence-corrected chi connectivity index (χ3v) is 6.91. The topological polar surface area (TPSA) is 128 Å². The zero-order chi connectivity index (χ0) is 28.2. The highest BCUT2D eigenvalue weighted by molar-refractivity contribution is 5.67. The van der Waals surface area contributed by atoms with Gasteiger partial charge >= 0.3 is 6.18 Å². The number of benzene rings is 1. The van der Waals surface area contributed by atoms with Crippen molar-refractivity contribution in [2.75, 3.05) is 13.7 Å². The molecular weight excluding hydrogens is 529 g/mol.